The van der Waals surface area contributed by atoms with Gasteiger partial charge < -0.3 is 14.6 Å². The Kier molecular flexibility index (Phi) is 4.43. The second-order valence-corrected chi connectivity index (χ2v) is 5.53. The van der Waals surface area contributed by atoms with E-state index in [4.69, 9.17) is 9.47 Å². The van der Waals surface area contributed by atoms with Crippen LogP contribution in [0.2, 0.25) is 0 Å². The van der Waals surface area contributed by atoms with E-state index < -0.39 is 5.97 Å². The van der Waals surface area contributed by atoms with Crippen molar-refractivity contribution in [3.63, 3.8) is 0 Å². The Bertz CT molecular complexity index is 914. The van der Waals surface area contributed by atoms with E-state index in [2.05, 4.69) is 5.10 Å². The average Bonchev–Trinajstić information content (AvgIpc) is 3.07. The van der Waals surface area contributed by atoms with E-state index in [1.54, 1.807) is 37.1 Å². The highest BCUT2D eigenvalue weighted by Crippen LogP contribution is 2.35. The molecule has 0 atom stereocenters. The Morgan fingerprint density at radius 1 is 1.04 bits per heavy atom. The van der Waals surface area contributed by atoms with Crippen molar-refractivity contribution in [3.8, 4) is 28.4 Å². The van der Waals surface area contributed by atoms with E-state index in [1.165, 1.54) is 6.07 Å². The summed E-state index contributed by atoms with van der Waals surface area (Å²) in [6.07, 6.45) is 0. The number of ether oxygens (including phenoxy) is 2. The molecule has 6 nitrogen and oxygen atoms in total. The van der Waals surface area contributed by atoms with Gasteiger partial charge in [-0.2, -0.15) is 5.10 Å². The van der Waals surface area contributed by atoms with Crippen molar-refractivity contribution in [2.75, 3.05) is 14.2 Å². The van der Waals surface area contributed by atoms with Crippen LogP contribution >= 0.6 is 0 Å². The number of aromatic nitrogens is 2. The molecule has 0 radical (unpaired) electrons. The summed E-state index contributed by atoms with van der Waals surface area (Å²) in [6, 6.07) is 14.6. The fourth-order valence-electron chi connectivity index (χ4n) is 2.57. The van der Waals surface area contributed by atoms with Crippen LogP contribution in [0.25, 0.3) is 16.9 Å². The predicted octanol–water partition coefficient (Wildman–Crippen LogP) is 3.56. The predicted molar refractivity (Wildman–Crippen MR) is 93.8 cm³/mol. The Balaban J connectivity index is 2.25. The minimum Gasteiger partial charge on any atom is -0.497 e. The van der Waals surface area contributed by atoms with Gasteiger partial charge in [-0.3, -0.25) is 0 Å². The van der Waals surface area contributed by atoms with Crippen molar-refractivity contribution < 1.29 is 19.4 Å². The zero-order chi connectivity index (χ0) is 18.0. The molecule has 0 fully saturated rings. The molecule has 1 heterocycles. The molecule has 3 aromatic rings. The quantitative estimate of drug-likeness (QED) is 0.770. The summed E-state index contributed by atoms with van der Waals surface area (Å²) in [5, 5.41) is 13.6. The first-order valence-electron chi connectivity index (χ1n) is 7.66. The number of carboxylic acid groups (broad SMARTS) is 1. The Hall–Kier alpha value is -3.28. The number of aryl methyl sites for hydroxylation is 1. The van der Waals surface area contributed by atoms with Crippen molar-refractivity contribution >= 4 is 5.97 Å². The van der Waals surface area contributed by atoms with Gasteiger partial charge in [0.2, 0.25) is 0 Å². The molecule has 2 aromatic carbocycles. The molecule has 25 heavy (non-hydrogen) atoms. The number of aromatic carboxylic acids is 1. The van der Waals surface area contributed by atoms with Crippen LogP contribution in [0.15, 0.2) is 48.5 Å². The van der Waals surface area contributed by atoms with Crippen LogP contribution in [0, 0.1) is 6.92 Å². The van der Waals surface area contributed by atoms with Crippen LogP contribution in [0.1, 0.15) is 16.1 Å². The van der Waals surface area contributed by atoms with Crippen molar-refractivity contribution in [1.29, 1.82) is 0 Å². The molecule has 0 saturated heterocycles. The number of hydrogen-bond acceptors (Lipinski definition) is 4. The number of benzene rings is 2. The van der Waals surface area contributed by atoms with Crippen molar-refractivity contribution in [2.24, 2.45) is 0 Å². The van der Waals surface area contributed by atoms with Crippen LogP contribution in [-0.4, -0.2) is 35.1 Å². The largest absolute Gasteiger partial charge is 0.497 e. The minimum absolute atomic E-state index is 0.0413. The standard InChI is InChI=1S/C19H18N2O4/c1-12-4-6-13(7-5-12)21-17(11-16(20-21)19(22)23)15-10-14(24-2)8-9-18(15)25-3/h4-11H,1-3H3,(H,22,23). The van der Waals surface area contributed by atoms with Gasteiger partial charge in [-0.25, -0.2) is 9.48 Å². The molecule has 0 bridgehead atoms. The highest BCUT2D eigenvalue weighted by atomic mass is 16.5. The molecule has 0 amide bonds. The average molecular weight is 338 g/mol. The van der Waals surface area contributed by atoms with Gasteiger partial charge in [-0.15, -0.1) is 0 Å². The molecule has 0 spiro atoms. The second kappa shape index (κ2) is 6.68. The molecule has 3 rings (SSSR count). The fraction of sp³-hybridized carbons (Fsp3) is 0.158. The van der Waals surface area contributed by atoms with Crippen LogP contribution in [0.3, 0.4) is 0 Å². The van der Waals surface area contributed by atoms with Gasteiger partial charge in [-0.05, 0) is 43.3 Å². The zero-order valence-corrected chi connectivity index (χ0v) is 14.2. The first-order valence-corrected chi connectivity index (χ1v) is 7.66. The number of nitrogens with zero attached hydrogens (tertiary/aromatic N) is 2. The van der Waals surface area contributed by atoms with Gasteiger partial charge >= 0.3 is 5.97 Å². The maximum absolute atomic E-state index is 11.4. The summed E-state index contributed by atoms with van der Waals surface area (Å²) in [7, 11) is 3.14. The highest BCUT2D eigenvalue weighted by Gasteiger charge is 2.19. The lowest BCUT2D eigenvalue weighted by Crippen LogP contribution is -2.03. The normalized spacial score (nSPS) is 10.5. The maximum Gasteiger partial charge on any atom is 0.356 e. The zero-order valence-electron chi connectivity index (χ0n) is 14.2. The van der Waals surface area contributed by atoms with E-state index in [0.717, 1.165) is 11.3 Å². The molecule has 6 heteroatoms. The van der Waals surface area contributed by atoms with Crippen LogP contribution in [-0.2, 0) is 0 Å². The monoisotopic (exact) mass is 338 g/mol. The third-order valence-electron chi connectivity index (χ3n) is 3.89. The lowest BCUT2D eigenvalue weighted by Gasteiger charge is -2.12. The summed E-state index contributed by atoms with van der Waals surface area (Å²) in [5.41, 5.74) is 3.13. The van der Waals surface area contributed by atoms with E-state index in [1.807, 2.05) is 31.2 Å². The summed E-state index contributed by atoms with van der Waals surface area (Å²) in [6.45, 7) is 1.99. The molecular weight excluding hydrogens is 320 g/mol. The van der Waals surface area contributed by atoms with Gasteiger partial charge in [0, 0.05) is 5.56 Å². The number of carbonyl (C=O) groups is 1. The molecule has 0 aliphatic rings. The number of methoxy groups -OCH3 is 2. The fourth-order valence-corrected chi connectivity index (χ4v) is 2.57. The van der Waals surface area contributed by atoms with E-state index in [9.17, 15) is 9.90 Å². The van der Waals surface area contributed by atoms with Gasteiger partial charge in [0.15, 0.2) is 5.69 Å². The van der Waals surface area contributed by atoms with Crippen molar-refractivity contribution in [3.05, 3.63) is 59.8 Å². The Labute approximate surface area is 145 Å². The first-order chi connectivity index (χ1) is 12.0. The molecule has 0 aliphatic carbocycles. The Morgan fingerprint density at radius 2 is 1.76 bits per heavy atom. The highest BCUT2D eigenvalue weighted by molar-refractivity contribution is 5.88. The van der Waals surface area contributed by atoms with Gasteiger partial charge in [0.05, 0.1) is 25.6 Å². The van der Waals surface area contributed by atoms with Crippen LogP contribution in [0.5, 0.6) is 11.5 Å². The molecule has 0 aliphatic heterocycles. The van der Waals surface area contributed by atoms with Gasteiger partial charge in [0.25, 0.3) is 0 Å². The topological polar surface area (TPSA) is 73.6 Å². The summed E-state index contributed by atoms with van der Waals surface area (Å²) in [5.74, 6) is 0.157. The first kappa shape index (κ1) is 16.6. The molecule has 1 aromatic heterocycles. The summed E-state index contributed by atoms with van der Waals surface area (Å²) in [4.78, 5) is 11.4. The molecule has 0 saturated carbocycles. The number of rotatable bonds is 5. The second-order valence-electron chi connectivity index (χ2n) is 5.53. The minimum atomic E-state index is -1.09. The smallest absolute Gasteiger partial charge is 0.356 e. The van der Waals surface area contributed by atoms with E-state index >= 15 is 0 Å². The molecule has 1 N–H and O–H groups in total. The van der Waals surface area contributed by atoms with Gasteiger partial charge in [-0.1, -0.05) is 17.7 Å². The molecule has 0 unspecified atom stereocenters. The lowest BCUT2D eigenvalue weighted by atomic mass is 10.1. The third kappa shape index (κ3) is 3.19. The molecular formula is C19H18N2O4. The van der Waals surface area contributed by atoms with Crippen molar-refractivity contribution in [1.82, 2.24) is 9.78 Å². The van der Waals surface area contributed by atoms with Crippen LogP contribution < -0.4 is 9.47 Å². The van der Waals surface area contributed by atoms with Gasteiger partial charge in [0.1, 0.15) is 11.5 Å². The lowest BCUT2D eigenvalue weighted by molar-refractivity contribution is 0.0690. The summed E-state index contributed by atoms with van der Waals surface area (Å²) < 4.78 is 12.3. The summed E-state index contributed by atoms with van der Waals surface area (Å²) >= 11 is 0. The SMILES string of the molecule is COc1ccc(OC)c(-c2cc(C(=O)O)nn2-c2ccc(C)cc2)c1. The van der Waals surface area contributed by atoms with E-state index in [-0.39, 0.29) is 5.69 Å². The number of carboxylic acids is 1. The molecule has 128 valence electrons. The third-order valence-corrected chi connectivity index (χ3v) is 3.89. The van der Waals surface area contributed by atoms with E-state index in [0.29, 0.717) is 22.8 Å². The van der Waals surface area contributed by atoms with Crippen molar-refractivity contribution in [2.45, 2.75) is 6.92 Å². The maximum atomic E-state index is 11.4. The number of hydrogen-bond donors (Lipinski definition) is 1. The van der Waals surface area contributed by atoms with Crippen LogP contribution in [0.4, 0.5) is 0 Å². The Morgan fingerprint density at radius 3 is 2.36 bits per heavy atom.